The highest BCUT2D eigenvalue weighted by Crippen LogP contribution is 2.27. The van der Waals surface area contributed by atoms with Gasteiger partial charge in [0.1, 0.15) is 0 Å². The van der Waals surface area contributed by atoms with E-state index in [-0.39, 0.29) is 6.03 Å². The quantitative estimate of drug-likeness (QED) is 0.817. The molecule has 2 N–H and O–H groups in total. The van der Waals surface area contributed by atoms with E-state index in [4.69, 9.17) is 0 Å². The Bertz CT molecular complexity index is 605. The molecule has 1 atom stereocenters. The molecule has 0 radical (unpaired) electrons. The summed E-state index contributed by atoms with van der Waals surface area (Å²) < 4.78 is 0. The summed E-state index contributed by atoms with van der Waals surface area (Å²) in [5.74, 6) is 0. The number of nitrogens with zero attached hydrogens (tertiary/aromatic N) is 2. The monoisotopic (exact) mass is 361 g/mol. The van der Waals surface area contributed by atoms with Gasteiger partial charge in [-0.1, -0.05) is 32.9 Å². The molecule has 2 amide bonds. The zero-order valence-corrected chi connectivity index (χ0v) is 17.1. The number of piperidine rings is 1. The molecule has 1 heterocycles. The van der Waals surface area contributed by atoms with E-state index in [1.807, 2.05) is 19.0 Å². The Morgan fingerprint density at radius 1 is 1.19 bits per heavy atom. The van der Waals surface area contributed by atoms with Crippen LogP contribution >= 0.6 is 0 Å². The average Bonchev–Trinajstić information content (AvgIpc) is 2.60. The lowest BCUT2D eigenvalue weighted by Crippen LogP contribution is -2.55. The van der Waals surface area contributed by atoms with Gasteiger partial charge in [-0.05, 0) is 62.9 Å². The van der Waals surface area contributed by atoms with Crippen LogP contribution in [0.5, 0.6) is 0 Å². The number of β-amino-alcohol motifs (C(OH)–C–C–N with tert-alkyl or cyclic N) is 1. The van der Waals surface area contributed by atoms with Crippen molar-refractivity contribution < 1.29 is 9.90 Å². The summed E-state index contributed by atoms with van der Waals surface area (Å²) in [6.45, 7) is 8.06. The van der Waals surface area contributed by atoms with Crippen molar-refractivity contribution in [1.29, 1.82) is 0 Å². The van der Waals surface area contributed by atoms with Crippen molar-refractivity contribution in [3.8, 4) is 0 Å². The molecule has 2 rings (SSSR count). The van der Waals surface area contributed by atoms with Crippen molar-refractivity contribution in [2.45, 2.75) is 58.5 Å². The Kier molecular flexibility index (Phi) is 7.07. The van der Waals surface area contributed by atoms with E-state index in [1.165, 1.54) is 16.7 Å². The van der Waals surface area contributed by atoms with Gasteiger partial charge in [-0.15, -0.1) is 0 Å². The number of carbonyl (C=O) groups excluding carboxylic acids is 1. The van der Waals surface area contributed by atoms with Crippen molar-refractivity contribution in [2.24, 2.45) is 0 Å². The third kappa shape index (κ3) is 4.98. The van der Waals surface area contributed by atoms with Crippen LogP contribution < -0.4 is 5.32 Å². The number of hydrogen-bond donors (Lipinski definition) is 2. The number of likely N-dealkylation sites (N-methyl/N-ethyl adjacent to an activating group) is 1. The highest BCUT2D eigenvalue weighted by molar-refractivity contribution is 5.91. The Balaban J connectivity index is 2.19. The first kappa shape index (κ1) is 20.7. The highest BCUT2D eigenvalue weighted by atomic mass is 16.3. The summed E-state index contributed by atoms with van der Waals surface area (Å²) in [6, 6.07) is 4.30. The molecule has 1 fully saturated rings. The summed E-state index contributed by atoms with van der Waals surface area (Å²) in [5.41, 5.74) is 3.82. The van der Waals surface area contributed by atoms with Crippen LogP contribution in [0.2, 0.25) is 0 Å². The maximum atomic E-state index is 12.9. The molecular formula is C21H35N3O2. The first-order valence-corrected chi connectivity index (χ1v) is 9.89. The molecule has 1 aromatic carbocycles. The minimum atomic E-state index is -0.827. The standard InChI is InChI=1S/C21H35N3O2/c1-6-16-12-17(7-2)19(18(8-3)13-16)22-20(25)24-11-9-10-21(26,15-24)14-23(4)5/h12-13,26H,6-11,14-15H2,1-5H3,(H,22,25)/t21-/m0/s1. The zero-order valence-electron chi connectivity index (χ0n) is 17.1. The minimum absolute atomic E-state index is 0.101. The van der Waals surface area contributed by atoms with E-state index in [9.17, 15) is 9.90 Å². The summed E-state index contributed by atoms with van der Waals surface area (Å²) >= 11 is 0. The number of aryl methyl sites for hydroxylation is 3. The number of nitrogens with one attached hydrogen (secondary N) is 1. The van der Waals surface area contributed by atoms with Gasteiger partial charge in [0.15, 0.2) is 0 Å². The van der Waals surface area contributed by atoms with Crippen molar-refractivity contribution in [3.05, 3.63) is 28.8 Å². The topological polar surface area (TPSA) is 55.8 Å². The van der Waals surface area contributed by atoms with Crippen LogP contribution in [0.15, 0.2) is 12.1 Å². The predicted octanol–water partition coefficient (Wildman–Crippen LogP) is 3.29. The van der Waals surface area contributed by atoms with Gasteiger partial charge < -0.3 is 20.2 Å². The molecule has 1 saturated heterocycles. The van der Waals surface area contributed by atoms with E-state index in [0.717, 1.165) is 37.8 Å². The van der Waals surface area contributed by atoms with Crippen molar-refractivity contribution in [3.63, 3.8) is 0 Å². The first-order valence-electron chi connectivity index (χ1n) is 9.89. The molecular weight excluding hydrogens is 326 g/mol. The molecule has 5 nitrogen and oxygen atoms in total. The van der Waals surface area contributed by atoms with Gasteiger partial charge in [-0.3, -0.25) is 0 Å². The maximum absolute atomic E-state index is 12.9. The molecule has 146 valence electrons. The molecule has 1 aromatic rings. The number of likely N-dealkylation sites (tertiary alicyclic amines) is 1. The highest BCUT2D eigenvalue weighted by Gasteiger charge is 2.35. The Labute approximate surface area is 158 Å². The van der Waals surface area contributed by atoms with E-state index >= 15 is 0 Å². The van der Waals surface area contributed by atoms with Crippen LogP contribution in [-0.2, 0) is 19.3 Å². The number of anilines is 1. The van der Waals surface area contributed by atoms with Gasteiger partial charge in [-0.25, -0.2) is 4.79 Å². The maximum Gasteiger partial charge on any atom is 0.321 e. The SMILES string of the molecule is CCc1cc(CC)c(NC(=O)N2CCC[C@](O)(CN(C)C)C2)c(CC)c1. The van der Waals surface area contributed by atoms with Gasteiger partial charge in [0.25, 0.3) is 0 Å². The van der Waals surface area contributed by atoms with Crippen LogP contribution in [0.3, 0.4) is 0 Å². The molecule has 1 aliphatic rings. The van der Waals surface area contributed by atoms with Crippen molar-refractivity contribution in [2.75, 3.05) is 39.0 Å². The lowest BCUT2D eigenvalue weighted by Gasteiger charge is -2.40. The average molecular weight is 362 g/mol. The fraction of sp³-hybridized carbons (Fsp3) is 0.667. The molecule has 5 heteroatoms. The van der Waals surface area contributed by atoms with Crippen LogP contribution in [-0.4, -0.2) is 60.3 Å². The van der Waals surface area contributed by atoms with Gasteiger partial charge in [0.05, 0.1) is 12.1 Å². The number of amides is 2. The zero-order chi connectivity index (χ0) is 19.3. The first-order chi connectivity index (χ1) is 12.3. The second-order valence-corrected chi connectivity index (χ2v) is 7.77. The van der Waals surface area contributed by atoms with Crippen LogP contribution in [0, 0.1) is 0 Å². The van der Waals surface area contributed by atoms with Gasteiger partial charge in [0, 0.05) is 18.8 Å². The number of hydrogen-bond acceptors (Lipinski definition) is 3. The minimum Gasteiger partial charge on any atom is -0.387 e. The number of benzene rings is 1. The molecule has 0 aromatic heterocycles. The normalized spacial score (nSPS) is 20.5. The van der Waals surface area contributed by atoms with E-state index in [0.29, 0.717) is 19.6 Å². The second-order valence-electron chi connectivity index (χ2n) is 7.77. The lowest BCUT2D eigenvalue weighted by atomic mass is 9.92. The van der Waals surface area contributed by atoms with Gasteiger partial charge in [0.2, 0.25) is 0 Å². The van der Waals surface area contributed by atoms with Crippen molar-refractivity contribution >= 4 is 11.7 Å². The van der Waals surface area contributed by atoms with Gasteiger partial charge in [-0.2, -0.15) is 0 Å². The number of carbonyl (C=O) groups is 1. The Morgan fingerprint density at radius 3 is 2.31 bits per heavy atom. The van der Waals surface area contributed by atoms with E-state index in [2.05, 4.69) is 38.2 Å². The number of urea groups is 1. The van der Waals surface area contributed by atoms with E-state index < -0.39 is 5.60 Å². The molecule has 0 aliphatic carbocycles. The largest absolute Gasteiger partial charge is 0.387 e. The molecule has 26 heavy (non-hydrogen) atoms. The van der Waals surface area contributed by atoms with Crippen LogP contribution in [0.4, 0.5) is 10.5 Å². The van der Waals surface area contributed by atoms with Crippen molar-refractivity contribution in [1.82, 2.24) is 9.80 Å². The third-order valence-corrected chi connectivity index (χ3v) is 5.22. The fourth-order valence-electron chi connectivity index (χ4n) is 3.95. The number of rotatable bonds is 6. The second kappa shape index (κ2) is 8.87. The third-order valence-electron chi connectivity index (χ3n) is 5.22. The Hall–Kier alpha value is -1.59. The predicted molar refractivity (Wildman–Crippen MR) is 108 cm³/mol. The lowest BCUT2D eigenvalue weighted by molar-refractivity contribution is -0.0333. The summed E-state index contributed by atoms with van der Waals surface area (Å²) in [7, 11) is 3.90. The summed E-state index contributed by atoms with van der Waals surface area (Å²) in [6.07, 6.45) is 4.34. The molecule has 0 bridgehead atoms. The van der Waals surface area contributed by atoms with Gasteiger partial charge >= 0.3 is 6.03 Å². The number of aliphatic hydroxyl groups is 1. The smallest absolute Gasteiger partial charge is 0.321 e. The van der Waals surface area contributed by atoms with Crippen LogP contribution in [0.1, 0.15) is 50.3 Å². The summed E-state index contributed by atoms with van der Waals surface area (Å²) in [4.78, 5) is 16.7. The Morgan fingerprint density at radius 2 is 1.81 bits per heavy atom. The molecule has 0 spiro atoms. The van der Waals surface area contributed by atoms with Crippen LogP contribution in [0.25, 0.3) is 0 Å². The molecule has 0 unspecified atom stereocenters. The fourth-order valence-corrected chi connectivity index (χ4v) is 3.95. The molecule has 1 aliphatic heterocycles. The van der Waals surface area contributed by atoms with E-state index in [1.54, 1.807) is 4.90 Å². The molecule has 0 saturated carbocycles. The summed E-state index contributed by atoms with van der Waals surface area (Å²) in [5, 5.41) is 14.0.